The van der Waals surface area contributed by atoms with Gasteiger partial charge in [-0.05, 0) is 42.5 Å². The van der Waals surface area contributed by atoms with Gasteiger partial charge in [-0.25, -0.2) is 0 Å². The van der Waals surface area contributed by atoms with Gasteiger partial charge in [0.15, 0.2) is 0 Å². The van der Waals surface area contributed by atoms with E-state index >= 15 is 0 Å². The van der Waals surface area contributed by atoms with E-state index in [0.717, 1.165) is 31.8 Å². The van der Waals surface area contributed by atoms with Crippen molar-refractivity contribution in [3.8, 4) is 0 Å². The van der Waals surface area contributed by atoms with Gasteiger partial charge in [0.25, 0.3) is 0 Å². The van der Waals surface area contributed by atoms with Crippen LogP contribution in [0, 0.1) is 12.8 Å². The predicted octanol–water partition coefficient (Wildman–Crippen LogP) is 4.85. The zero-order valence-electron chi connectivity index (χ0n) is 17.8. The molecule has 0 spiro atoms. The summed E-state index contributed by atoms with van der Waals surface area (Å²) in [4.78, 5) is 17.6. The Kier molecular flexibility index (Phi) is 6.34. The Bertz CT molecular complexity index is 952. The quantitative estimate of drug-likeness (QED) is 0.591. The van der Waals surface area contributed by atoms with E-state index in [1.807, 2.05) is 30.1 Å². The number of hydrogen-bond acceptors (Lipinski definition) is 3. The van der Waals surface area contributed by atoms with Crippen LogP contribution in [0.4, 0.5) is 0 Å². The summed E-state index contributed by atoms with van der Waals surface area (Å²) in [6.07, 6.45) is 2.54. The summed E-state index contributed by atoms with van der Waals surface area (Å²) in [6.45, 7) is 5.28. The van der Waals surface area contributed by atoms with Gasteiger partial charge in [-0.15, -0.1) is 0 Å². The summed E-state index contributed by atoms with van der Waals surface area (Å²) < 4.78 is 5.44. The van der Waals surface area contributed by atoms with E-state index in [0.29, 0.717) is 12.5 Å². The van der Waals surface area contributed by atoms with Gasteiger partial charge in [-0.2, -0.15) is 0 Å². The molecule has 1 aliphatic rings. The lowest BCUT2D eigenvalue weighted by atomic mass is 9.83. The van der Waals surface area contributed by atoms with Crippen LogP contribution in [0.5, 0.6) is 0 Å². The van der Waals surface area contributed by atoms with Crippen LogP contribution < -0.4 is 0 Å². The molecule has 0 bridgehead atoms. The lowest BCUT2D eigenvalue weighted by Crippen LogP contribution is -2.45. The third kappa shape index (κ3) is 5.00. The number of hydrogen-bond donors (Lipinski definition) is 0. The number of likely N-dealkylation sites (tertiary alicyclic amines) is 1. The molecule has 30 heavy (non-hydrogen) atoms. The zero-order valence-corrected chi connectivity index (χ0v) is 17.8. The van der Waals surface area contributed by atoms with Crippen molar-refractivity contribution in [2.24, 2.45) is 5.92 Å². The molecule has 0 saturated carbocycles. The first kappa shape index (κ1) is 20.4. The fraction of sp³-hybridized carbons (Fsp3) is 0.346. The molecule has 4 heteroatoms. The highest BCUT2D eigenvalue weighted by Crippen LogP contribution is 2.32. The fourth-order valence-corrected chi connectivity index (χ4v) is 4.53. The summed E-state index contributed by atoms with van der Waals surface area (Å²) in [7, 11) is 1.88. The Hall–Kier alpha value is -2.85. The standard InChI is InChI=1S/C26H30N2O2/c1-20-8-6-11-22(14-20)23-15-24(26(29)27(2)19-25-12-7-13-30-25)18-28(17-23)16-21-9-4-3-5-10-21/h3-14,23-24H,15-19H2,1-2H3/t23-,24+/m1/s1. The predicted molar refractivity (Wildman–Crippen MR) is 119 cm³/mol. The van der Waals surface area contributed by atoms with Crippen LogP contribution in [0.25, 0.3) is 0 Å². The second-order valence-corrected chi connectivity index (χ2v) is 8.50. The normalized spacial score (nSPS) is 19.5. The number of carbonyl (C=O) groups is 1. The highest BCUT2D eigenvalue weighted by Gasteiger charge is 2.34. The lowest BCUT2D eigenvalue weighted by molar-refractivity contribution is -0.137. The molecule has 4 rings (SSSR count). The van der Waals surface area contributed by atoms with E-state index in [9.17, 15) is 4.79 Å². The summed E-state index contributed by atoms with van der Waals surface area (Å²) >= 11 is 0. The van der Waals surface area contributed by atoms with Crippen LogP contribution in [0.3, 0.4) is 0 Å². The van der Waals surface area contributed by atoms with Crippen LogP contribution in [0.2, 0.25) is 0 Å². The van der Waals surface area contributed by atoms with Crippen molar-refractivity contribution < 1.29 is 9.21 Å². The lowest BCUT2D eigenvalue weighted by Gasteiger charge is -2.38. The van der Waals surface area contributed by atoms with Crippen molar-refractivity contribution in [3.05, 3.63) is 95.4 Å². The van der Waals surface area contributed by atoms with Crippen molar-refractivity contribution in [2.45, 2.75) is 32.4 Å². The van der Waals surface area contributed by atoms with Crippen LogP contribution in [0.15, 0.2) is 77.4 Å². The third-order valence-corrected chi connectivity index (χ3v) is 5.99. The van der Waals surface area contributed by atoms with Gasteiger partial charge < -0.3 is 9.32 Å². The van der Waals surface area contributed by atoms with Gasteiger partial charge in [0.1, 0.15) is 5.76 Å². The Morgan fingerprint density at radius 2 is 1.90 bits per heavy atom. The van der Waals surface area contributed by atoms with Crippen LogP contribution >= 0.6 is 0 Å². The monoisotopic (exact) mass is 402 g/mol. The number of benzene rings is 2. The van der Waals surface area contributed by atoms with E-state index in [-0.39, 0.29) is 11.8 Å². The Balaban J connectivity index is 1.53. The number of aryl methyl sites for hydroxylation is 1. The van der Waals surface area contributed by atoms with E-state index in [1.54, 1.807) is 6.26 Å². The molecule has 4 nitrogen and oxygen atoms in total. The highest BCUT2D eigenvalue weighted by atomic mass is 16.3. The average molecular weight is 403 g/mol. The number of furan rings is 1. The van der Waals surface area contributed by atoms with E-state index < -0.39 is 0 Å². The largest absolute Gasteiger partial charge is 0.467 e. The van der Waals surface area contributed by atoms with Crippen LogP contribution in [0.1, 0.15) is 34.8 Å². The molecule has 2 aromatic carbocycles. The summed E-state index contributed by atoms with van der Waals surface area (Å²) in [5, 5.41) is 0. The molecule has 156 valence electrons. The molecule has 0 unspecified atom stereocenters. The molecule has 0 N–H and O–H groups in total. The molecule has 2 atom stereocenters. The molecule has 1 aliphatic heterocycles. The van der Waals surface area contributed by atoms with Crippen molar-refractivity contribution in [1.82, 2.24) is 9.80 Å². The maximum absolute atomic E-state index is 13.3. The minimum Gasteiger partial charge on any atom is -0.467 e. The van der Waals surface area contributed by atoms with Gasteiger partial charge >= 0.3 is 0 Å². The molecule has 0 aliphatic carbocycles. The maximum Gasteiger partial charge on any atom is 0.227 e. The molecule has 3 aromatic rings. The third-order valence-electron chi connectivity index (χ3n) is 5.99. The van der Waals surface area contributed by atoms with E-state index in [4.69, 9.17) is 4.42 Å². The summed E-state index contributed by atoms with van der Waals surface area (Å²) in [6, 6.07) is 23.0. The number of amides is 1. The molecule has 1 fully saturated rings. The molecular weight excluding hydrogens is 372 g/mol. The van der Waals surface area contributed by atoms with Gasteiger partial charge in [0.05, 0.1) is 18.7 Å². The molecule has 0 radical (unpaired) electrons. The van der Waals surface area contributed by atoms with Crippen molar-refractivity contribution in [1.29, 1.82) is 0 Å². The molecular formula is C26H30N2O2. The Morgan fingerprint density at radius 3 is 2.63 bits per heavy atom. The molecule has 1 aromatic heterocycles. The minimum atomic E-state index is -0.0204. The first-order chi connectivity index (χ1) is 14.6. The van der Waals surface area contributed by atoms with Crippen LogP contribution in [-0.2, 0) is 17.9 Å². The summed E-state index contributed by atoms with van der Waals surface area (Å²) in [5.41, 5.74) is 3.89. The number of rotatable bonds is 6. The van der Waals surface area contributed by atoms with Gasteiger partial charge in [-0.3, -0.25) is 9.69 Å². The first-order valence-electron chi connectivity index (χ1n) is 10.7. The second-order valence-electron chi connectivity index (χ2n) is 8.50. The first-order valence-corrected chi connectivity index (χ1v) is 10.7. The maximum atomic E-state index is 13.3. The minimum absolute atomic E-state index is 0.0204. The van der Waals surface area contributed by atoms with Crippen molar-refractivity contribution in [3.63, 3.8) is 0 Å². The van der Waals surface area contributed by atoms with Crippen LogP contribution in [-0.4, -0.2) is 35.8 Å². The van der Waals surface area contributed by atoms with Crippen molar-refractivity contribution >= 4 is 5.91 Å². The smallest absolute Gasteiger partial charge is 0.227 e. The Labute approximate surface area is 179 Å². The second kappa shape index (κ2) is 9.31. The molecule has 1 amide bonds. The van der Waals surface area contributed by atoms with Crippen molar-refractivity contribution in [2.75, 3.05) is 20.1 Å². The molecule has 1 saturated heterocycles. The number of nitrogens with zero attached hydrogens (tertiary/aromatic N) is 2. The van der Waals surface area contributed by atoms with Gasteiger partial charge in [0.2, 0.25) is 5.91 Å². The Morgan fingerprint density at radius 1 is 1.07 bits per heavy atom. The zero-order chi connectivity index (χ0) is 20.9. The van der Waals surface area contributed by atoms with Gasteiger partial charge in [0, 0.05) is 26.7 Å². The topological polar surface area (TPSA) is 36.7 Å². The van der Waals surface area contributed by atoms with E-state index in [2.05, 4.69) is 60.4 Å². The SMILES string of the molecule is Cc1cccc([C@@H]2C[C@H](C(=O)N(C)Cc3ccco3)CN(Cc3ccccc3)C2)c1. The number of carbonyl (C=O) groups excluding carboxylic acids is 1. The average Bonchev–Trinajstić information content (AvgIpc) is 3.26. The number of piperidine rings is 1. The summed E-state index contributed by atoms with van der Waals surface area (Å²) in [5.74, 6) is 1.35. The molecule has 2 heterocycles. The van der Waals surface area contributed by atoms with E-state index in [1.165, 1.54) is 16.7 Å². The fourth-order valence-electron chi connectivity index (χ4n) is 4.53. The van der Waals surface area contributed by atoms with Gasteiger partial charge in [-0.1, -0.05) is 60.2 Å². The highest BCUT2D eigenvalue weighted by molar-refractivity contribution is 5.79.